The molecule has 0 radical (unpaired) electrons. The molecular weight excluding hydrogens is 298 g/mol. The first-order chi connectivity index (χ1) is 11.2. The van der Waals surface area contributed by atoms with Gasteiger partial charge in [-0.2, -0.15) is 20.1 Å². The van der Waals surface area contributed by atoms with Crippen molar-refractivity contribution in [3.63, 3.8) is 0 Å². The average Bonchev–Trinajstić information content (AvgIpc) is 2.61. The van der Waals surface area contributed by atoms with Crippen LogP contribution in [0.25, 0.3) is 0 Å². The number of hydrogen-bond donors (Lipinski definition) is 5. The van der Waals surface area contributed by atoms with Crippen LogP contribution in [0.15, 0.2) is 29.4 Å². The Morgan fingerprint density at radius 3 is 2.35 bits per heavy atom. The number of hydrogen-bond acceptors (Lipinski definition) is 9. The number of carbonyl (C=O) groups excluding carboxylic acids is 1. The second kappa shape index (κ2) is 7.66. The van der Waals surface area contributed by atoms with Gasteiger partial charge in [-0.1, -0.05) is 12.1 Å². The highest BCUT2D eigenvalue weighted by Crippen LogP contribution is 2.08. The van der Waals surface area contributed by atoms with Crippen molar-refractivity contribution in [2.75, 3.05) is 30.3 Å². The minimum Gasteiger partial charge on any atom is -0.357 e. The van der Waals surface area contributed by atoms with Crippen LogP contribution in [0.5, 0.6) is 0 Å². The van der Waals surface area contributed by atoms with E-state index in [9.17, 15) is 4.79 Å². The summed E-state index contributed by atoms with van der Waals surface area (Å²) in [6.45, 7) is 0. The first-order valence-corrected chi connectivity index (χ1v) is 6.68. The summed E-state index contributed by atoms with van der Waals surface area (Å²) in [6.07, 6.45) is 1.58. The van der Waals surface area contributed by atoms with Crippen molar-refractivity contribution >= 4 is 30.0 Å². The Balaban J connectivity index is 2.05. The van der Waals surface area contributed by atoms with E-state index < -0.39 is 0 Å². The predicted octanol–water partition coefficient (Wildman–Crippen LogP) is 0.00450. The van der Waals surface area contributed by atoms with Crippen LogP contribution in [0.2, 0.25) is 0 Å². The highest BCUT2D eigenvalue weighted by molar-refractivity contribution is 5.94. The molecule has 10 heteroatoms. The molecule has 1 aromatic carbocycles. The molecule has 23 heavy (non-hydrogen) atoms. The van der Waals surface area contributed by atoms with E-state index in [1.165, 1.54) is 0 Å². The molecule has 10 nitrogen and oxygen atoms in total. The maximum Gasteiger partial charge on any atom is 0.251 e. The van der Waals surface area contributed by atoms with E-state index in [1.54, 1.807) is 44.6 Å². The number of anilines is 3. The molecule has 0 fully saturated rings. The molecule has 120 valence electrons. The highest BCUT2D eigenvalue weighted by Gasteiger charge is 2.03. The average molecular weight is 315 g/mol. The SMILES string of the molecule is CNC(=O)c1ccc(/C=N/Nc2nc(NC)nc(NN)n2)cc1. The number of nitrogens with one attached hydrogen (secondary N) is 4. The number of carbonyl (C=O) groups is 1. The van der Waals surface area contributed by atoms with Gasteiger partial charge in [0.1, 0.15) is 0 Å². The van der Waals surface area contributed by atoms with Crippen molar-refractivity contribution in [2.45, 2.75) is 0 Å². The molecule has 0 aliphatic heterocycles. The number of nitrogens with zero attached hydrogens (tertiary/aromatic N) is 4. The van der Waals surface area contributed by atoms with Crippen molar-refractivity contribution in [3.8, 4) is 0 Å². The number of hydrazone groups is 1. The molecule has 0 bridgehead atoms. The molecule has 0 spiro atoms. The van der Waals surface area contributed by atoms with E-state index in [2.05, 4.69) is 41.5 Å². The Bertz CT molecular complexity index is 677. The van der Waals surface area contributed by atoms with Gasteiger partial charge in [0.2, 0.25) is 17.8 Å². The molecule has 0 aliphatic carbocycles. The Morgan fingerprint density at radius 1 is 1.09 bits per heavy atom. The molecule has 2 rings (SSSR count). The Kier molecular flexibility index (Phi) is 5.36. The quantitative estimate of drug-likeness (QED) is 0.285. The van der Waals surface area contributed by atoms with Crippen LogP contribution in [0.1, 0.15) is 15.9 Å². The van der Waals surface area contributed by atoms with E-state index >= 15 is 0 Å². The zero-order valence-electron chi connectivity index (χ0n) is 12.7. The topological polar surface area (TPSA) is 142 Å². The van der Waals surface area contributed by atoms with Crippen LogP contribution in [-0.2, 0) is 0 Å². The fourth-order valence-corrected chi connectivity index (χ4v) is 1.63. The summed E-state index contributed by atoms with van der Waals surface area (Å²) in [4.78, 5) is 23.5. The number of amides is 1. The van der Waals surface area contributed by atoms with Crippen LogP contribution in [-0.4, -0.2) is 41.2 Å². The lowest BCUT2D eigenvalue weighted by Crippen LogP contribution is -2.17. The largest absolute Gasteiger partial charge is 0.357 e. The fraction of sp³-hybridized carbons (Fsp3) is 0.154. The van der Waals surface area contributed by atoms with Crippen LogP contribution in [0, 0.1) is 0 Å². The second-order valence-corrected chi connectivity index (χ2v) is 4.27. The first-order valence-electron chi connectivity index (χ1n) is 6.68. The number of rotatable bonds is 6. The third-order valence-corrected chi connectivity index (χ3v) is 2.77. The fourth-order valence-electron chi connectivity index (χ4n) is 1.63. The standard InChI is InChI=1S/C13H17N9O/c1-15-10(23)9-5-3-8(4-6-9)7-17-22-13-19-11(16-2)18-12(20-13)21-14/h3-7H,14H2,1-2H3,(H,15,23)(H3,16,18,19,20,21,22)/b17-7+. The molecule has 0 atom stereocenters. The van der Waals surface area contributed by atoms with Crippen LogP contribution < -0.4 is 27.3 Å². The number of nitrogens with two attached hydrogens (primary N) is 1. The van der Waals surface area contributed by atoms with Crippen molar-refractivity contribution < 1.29 is 4.79 Å². The minimum absolute atomic E-state index is 0.141. The normalized spacial score (nSPS) is 10.4. The molecule has 0 saturated heterocycles. The van der Waals surface area contributed by atoms with Gasteiger partial charge in [-0.25, -0.2) is 11.3 Å². The van der Waals surface area contributed by atoms with Gasteiger partial charge in [0.25, 0.3) is 5.91 Å². The molecular formula is C13H17N9O. The predicted molar refractivity (Wildman–Crippen MR) is 88.2 cm³/mol. The summed E-state index contributed by atoms with van der Waals surface area (Å²) in [5.41, 5.74) is 6.41. The van der Waals surface area contributed by atoms with Gasteiger partial charge in [0, 0.05) is 19.7 Å². The first kappa shape index (κ1) is 16.1. The second-order valence-electron chi connectivity index (χ2n) is 4.27. The van der Waals surface area contributed by atoms with Crippen LogP contribution in [0.4, 0.5) is 17.8 Å². The van der Waals surface area contributed by atoms with E-state index in [1.807, 2.05) is 0 Å². The summed E-state index contributed by atoms with van der Waals surface area (Å²) in [7, 11) is 3.26. The number of benzene rings is 1. The van der Waals surface area contributed by atoms with E-state index in [4.69, 9.17) is 5.84 Å². The molecule has 0 saturated carbocycles. The monoisotopic (exact) mass is 315 g/mol. The van der Waals surface area contributed by atoms with Crippen molar-refractivity contribution in [1.29, 1.82) is 0 Å². The molecule has 2 aromatic rings. The van der Waals surface area contributed by atoms with Gasteiger partial charge < -0.3 is 10.6 Å². The lowest BCUT2D eigenvalue weighted by Gasteiger charge is -2.05. The highest BCUT2D eigenvalue weighted by atomic mass is 16.1. The number of nitrogen functional groups attached to an aromatic ring is 1. The third-order valence-electron chi connectivity index (χ3n) is 2.77. The van der Waals surface area contributed by atoms with Gasteiger partial charge in [-0.15, -0.1) is 0 Å². The van der Waals surface area contributed by atoms with Crippen molar-refractivity contribution in [2.24, 2.45) is 10.9 Å². The van der Waals surface area contributed by atoms with Gasteiger partial charge in [-0.05, 0) is 17.7 Å². The van der Waals surface area contributed by atoms with E-state index in [0.717, 1.165) is 5.56 Å². The molecule has 1 aromatic heterocycles. The van der Waals surface area contributed by atoms with Crippen molar-refractivity contribution in [3.05, 3.63) is 35.4 Å². The maximum atomic E-state index is 11.4. The minimum atomic E-state index is -0.141. The Labute approximate surface area is 132 Å². The summed E-state index contributed by atoms with van der Waals surface area (Å²) < 4.78 is 0. The molecule has 0 aliphatic rings. The Hall–Kier alpha value is -3.27. The van der Waals surface area contributed by atoms with Gasteiger partial charge in [0.05, 0.1) is 6.21 Å². The molecule has 0 unspecified atom stereocenters. The lowest BCUT2D eigenvalue weighted by atomic mass is 10.1. The van der Waals surface area contributed by atoms with Crippen LogP contribution >= 0.6 is 0 Å². The van der Waals surface area contributed by atoms with E-state index in [0.29, 0.717) is 11.5 Å². The summed E-state index contributed by atoms with van der Waals surface area (Å²) >= 11 is 0. The van der Waals surface area contributed by atoms with Gasteiger partial charge >= 0.3 is 0 Å². The summed E-state index contributed by atoms with van der Waals surface area (Å²) in [5, 5.41) is 9.38. The zero-order chi connectivity index (χ0) is 16.7. The summed E-state index contributed by atoms with van der Waals surface area (Å²) in [5.74, 6) is 5.93. The van der Waals surface area contributed by atoms with Gasteiger partial charge in [0.15, 0.2) is 0 Å². The van der Waals surface area contributed by atoms with Gasteiger partial charge in [-0.3, -0.25) is 10.2 Å². The number of hydrazine groups is 1. The van der Waals surface area contributed by atoms with E-state index in [-0.39, 0.29) is 17.8 Å². The molecule has 1 heterocycles. The van der Waals surface area contributed by atoms with Crippen LogP contribution in [0.3, 0.4) is 0 Å². The number of aromatic nitrogens is 3. The lowest BCUT2D eigenvalue weighted by molar-refractivity contribution is 0.0963. The smallest absolute Gasteiger partial charge is 0.251 e. The molecule has 1 amide bonds. The summed E-state index contributed by atoms with van der Waals surface area (Å²) in [6, 6.07) is 6.96. The maximum absolute atomic E-state index is 11.4. The zero-order valence-corrected chi connectivity index (χ0v) is 12.7. The molecule has 6 N–H and O–H groups in total. The van der Waals surface area contributed by atoms with Crippen molar-refractivity contribution in [1.82, 2.24) is 20.3 Å². The Morgan fingerprint density at radius 2 is 1.74 bits per heavy atom. The third kappa shape index (κ3) is 4.35.